The Morgan fingerprint density at radius 2 is 1.76 bits per heavy atom. The summed E-state index contributed by atoms with van der Waals surface area (Å²) < 4.78 is 0. The van der Waals surface area contributed by atoms with Crippen molar-refractivity contribution in [3.05, 3.63) is 89.5 Å². The van der Waals surface area contributed by atoms with Crippen LogP contribution in [0.2, 0.25) is 0 Å². The first-order valence-corrected chi connectivity index (χ1v) is 9.74. The Labute approximate surface area is 170 Å². The Morgan fingerprint density at radius 1 is 1.07 bits per heavy atom. The molecule has 29 heavy (non-hydrogen) atoms. The third kappa shape index (κ3) is 4.35. The van der Waals surface area contributed by atoms with E-state index < -0.39 is 0 Å². The lowest BCUT2D eigenvalue weighted by Crippen LogP contribution is -2.22. The minimum atomic E-state index is -0.341. The molecule has 1 N–H and O–H groups in total. The van der Waals surface area contributed by atoms with E-state index in [2.05, 4.69) is 40.0 Å². The van der Waals surface area contributed by atoms with Gasteiger partial charge in [0, 0.05) is 11.8 Å². The van der Waals surface area contributed by atoms with Crippen LogP contribution in [0, 0.1) is 11.8 Å². The van der Waals surface area contributed by atoms with Crippen LogP contribution in [0.5, 0.6) is 0 Å². The number of benzene rings is 2. The Kier molecular flexibility index (Phi) is 5.66. The molecule has 0 heterocycles. The molecule has 0 fully saturated rings. The maximum Gasteiger partial charge on any atom is 0.280 e. The van der Waals surface area contributed by atoms with Crippen LogP contribution < -0.4 is 5.43 Å². The number of allylic oxidation sites excluding steroid dienone is 4. The molecule has 1 amide bonds. The SMILES string of the molecule is C/C(=N/OCC(=O)N/N=C\C1=C(c2ccccc2)[C@H]2C=C[C@H]1C2)c1ccccc1. The van der Waals surface area contributed by atoms with Crippen molar-refractivity contribution in [3.63, 3.8) is 0 Å². The number of amides is 1. The Bertz CT molecular complexity index is 991. The van der Waals surface area contributed by atoms with E-state index in [1.807, 2.05) is 55.5 Å². The van der Waals surface area contributed by atoms with Crippen molar-refractivity contribution in [3.8, 4) is 0 Å². The molecule has 0 spiro atoms. The molecular weight excluding hydrogens is 362 g/mol. The highest BCUT2D eigenvalue weighted by Crippen LogP contribution is 2.47. The Balaban J connectivity index is 1.35. The van der Waals surface area contributed by atoms with Crippen molar-refractivity contribution in [2.75, 3.05) is 6.61 Å². The van der Waals surface area contributed by atoms with Gasteiger partial charge in [-0.3, -0.25) is 4.79 Å². The molecule has 0 aliphatic heterocycles. The first kappa shape index (κ1) is 18.9. The van der Waals surface area contributed by atoms with Gasteiger partial charge in [0.25, 0.3) is 5.91 Å². The standard InChI is InChI=1S/C24H23N3O2/c1-17(18-8-4-2-5-9-18)27-29-16-23(28)26-25-15-22-20-12-13-21(14-20)24(22)19-10-6-3-7-11-19/h2-13,15,20-21H,14,16H2,1H3,(H,26,28)/b25-15-,27-17-/t20-,21-/m0/s1. The Morgan fingerprint density at radius 3 is 2.52 bits per heavy atom. The van der Waals surface area contributed by atoms with E-state index in [0.717, 1.165) is 12.0 Å². The molecule has 0 unspecified atom stereocenters. The number of hydrazone groups is 1. The lowest BCUT2D eigenvalue weighted by atomic mass is 9.92. The molecule has 4 rings (SSSR count). The molecule has 2 bridgehead atoms. The number of nitrogens with zero attached hydrogens (tertiary/aromatic N) is 2. The van der Waals surface area contributed by atoms with Gasteiger partial charge in [0.2, 0.25) is 0 Å². The summed E-state index contributed by atoms with van der Waals surface area (Å²) in [5.41, 5.74) is 7.89. The number of hydrogen-bond acceptors (Lipinski definition) is 4. The summed E-state index contributed by atoms with van der Waals surface area (Å²) >= 11 is 0. The van der Waals surface area contributed by atoms with Crippen molar-refractivity contribution >= 4 is 23.4 Å². The van der Waals surface area contributed by atoms with Crippen LogP contribution >= 0.6 is 0 Å². The van der Waals surface area contributed by atoms with Gasteiger partial charge in [-0.25, -0.2) is 5.43 Å². The quantitative estimate of drug-likeness (QED) is 0.441. The van der Waals surface area contributed by atoms with E-state index in [0.29, 0.717) is 17.5 Å². The number of carbonyl (C=O) groups is 1. The first-order chi connectivity index (χ1) is 14.2. The van der Waals surface area contributed by atoms with Crippen molar-refractivity contribution in [2.45, 2.75) is 13.3 Å². The molecule has 2 aliphatic rings. The summed E-state index contributed by atoms with van der Waals surface area (Å²) in [5, 5.41) is 8.15. The topological polar surface area (TPSA) is 63.0 Å². The zero-order chi connectivity index (χ0) is 20.1. The van der Waals surface area contributed by atoms with Crippen LogP contribution in [-0.2, 0) is 9.63 Å². The lowest BCUT2D eigenvalue weighted by Gasteiger charge is -2.13. The van der Waals surface area contributed by atoms with Crippen LogP contribution in [0.15, 0.2) is 88.6 Å². The second-order valence-electron chi connectivity index (χ2n) is 7.18. The van der Waals surface area contributed by atoms with Gasteiger partial charge in [-0.2, -0.15) is 5.10 Å². The molecular formula is C24H23N3O2. The van der Waals surface area contributed by atoms with Crippen molar-refractivity contribution in [1.29, 1.82) is 0 Å². The number of oxime groups is 1. The van der Waals surface area contributed by atoms with Gasteiger partial charge in [-0.15, -0.1) is 0 Å². The highest BCUT2D eigenvalue weighted by Gasteiger charge is 2.34. The smallest absolute Gasteiger partial charge is 0.280 e. The van der Waals surface area contributed by atoms with Crippen LogP contribution in [0.25, 0.3) is 5.57 Å². The maximum absolute atomic E-state index is 12.0. The number of carbonyl (C=O) groups excluding carboxylic acids is 1. The minimum Gasteiger partial charge on any atom is -0.385 e. The summed E-state index contributed by atoms with van der Waals surface area (Å²) in [5.74, 6) is 0.454. The zero-order valence-electron chi connectivity index (χ0n) is 16.3. The molecule has 0 saturated heterocycles. The fourth-order valence-corrected chi connectivity index (χ4v) is 3.85. The summed E-state index contributed by atoms with van der Waals surface area (Å²) in [4.78, 5) is 17.1. The fourth-order valence-electron chi connectivity index (χ4n) is 3.85. The number of rotatable bonds is 7. The largest absolute Gasteiger partial charge is 0.385 e. The molecule has 146 valence electrons. The van der Waals surface area contributed by atoms with Gasteiger partial charge >= 0.3 is 0 Å². The average Bonchev–Trinajstić information content (AvgIpc) is 3.37. The molecule has 2 aliphatic carbocycles. The predicted octanol–water partition coefficient (Wildman–Crippen LogP) is 4.19. The molecule has 5 nitrogen and oxygen atoms in total. The normalized spacial score (nSPS) is 20.5. The number of hydrogen-bond donors (Lipinski definition) is 1. The second-order valence-corrected chi connectivity index (χ2v) is 7.18. The monoisotopic (exact) mass is 385 g/mol. The van der Waals surface area contributed by atoms with Crippen LogP contribution in [0.1, 0.15) is 24.5 Å². The molecule has 5 heteroatoms. The van der Waals surface area contributed by atoms with E-state index in [1.165, 1.54) is 16.7 Å². The Hall–Kier alpha value is -3.47. The molecule has 2 aromatic rings. The number of nitrogens with one attached hydrogen (secondary N) is 1. The third-order valence-electron chi connectivity index (χ3n) is 5.23. The highest BCUT2D eigenvalue weighted by atomic mass is 16.6. The van der Waals surface area contributed by atoms with E-state index in [1.54, 1.807) is 6.21 Å². The van der Waals surface area contributed by atoms with Gasteiger partial charge in [0.05, 0.1) is 11.9 Å². The maximum atomic E-state index is 12.0. The molecule has 0 radical (unpaired) electrons. The summed E-state index contributed by atoms with van der Waals surface area (Å²) in [6, 6.07) is 20.0. The second kappa shape index (κ2) is 8.69. The van der Waals surface area contributed by atoms with E-state index in [-0.39, 0.29) is 12.5 Å². The summed E-state index contributed by atoms with van der Waals surface area (Å²) in [7, 11) is 0. The van der Waals surface area contributed by atoms with E-state index >= 15 is 0 Å². The predicted molar refractivity (Wildman–Crippen MR) is 115 cm³/mol. The van der Waals surface area contributed by atoms with Crippen LogP contribution in [-0.4, -0.2) is 24.4 Å². The highest BCUT2D eigenvalue weighted by molar-refractivity contribution is 5.98. The molecule has 2 atom stereocenters. The van der Waals surface area contributed by atoms with E-state index in [4.69, 9.17) is 4.84 Å². The molecule has 2 aromatic carbocycles. The van der Waals surface area contributed by atoms with Gasteiger partial charge in [-0.05, 0) is 35.6 Å². The zero-order valence-corrected chi connectivity index (χ0v) is 16.3. The van der Waals surface area contributed by atoms with Gasteiger partial charge in [-0.1, -0.05) is 78.0 Å². The molecule has 0 aromatic heterocycles. The average molecular weight is 385 g/mol. The van der Waals surface area contributed by atoms with Crippen LogP contribution in [0.3, 0.4) is 0 Å². The fraction of sp³-hybridized carbons (Fsp3) is 0.208. The first-order valence-electron chi connectivity index (χ1n) is 9.74. The van der Waals surface area contributed by atoms with Crippen molar-refractivity contribution in [1.82, 2.24) is 5.43 Å². The molecule has 0 saturated carbocycles. The number of fused-ring (bicyclic) bond motifs is 2. The van der Waals surface area contributed by atoms with Gasteiger partial charge in [0.1, 0.15) is 0 Å². The van der Waals surface area contributed by atoms with Crippen LogP contribution in [0.4, 0.5) is 0 Å². The van der Waals surface area contributed by atoms with E-state index in [9.17, 15) is 4.79 Å². The van der Waals surface area contributed by atoms with Gasteiger partial charge in [0.15, 0.2) is 6.61 Å². The minimum absolute atomic E-state index is 0.182. The van der Waals surface area contributed by atoms with Gasteiger partial charge < -0.3 is 4.84 Å². The lowest BCUT2D eigenvalue weighted by molar-refractivity contribution is -0.125. The third-order valence-corrected chi connectivity index (χ3v) is 5.23. The van der Waals surface area contributed by atoms with Crippen molar-refractivity contribution < 1.29 is 9.63 Å². The summed E-state index contributed by atoms with van der Waals surface area (Å²) in [6.45, 7) is 1.66. The van der Waals surface area contributed by atoms with Crippen molar-refractivity contribution in [2.24, 2.45) is 22.1 Å². The summed E-state index contributed by atoms with van der Waals surface area (Å²) in [6.07, 6.45) is 7.34.